The fourth-order valence-corrected chi connectivity index (χ4v) is 2.54. The number of amides is 2. The quantitative estimate of drug-likeness (QED) is 0.847. The van der Waals surface area contributed by atoms with Gasteiger partial charge in [0.05, 0.1) is 6.61 Å². The van der Waals surface area contributed by atoms with Crippen molar-refractivity contribution < 1.29 is 19.0 Å². The van der Waals surface area contributed by atoms with Gasteiger partial charge in [0, 0.05) is 20.2 Å². The van der Waals surface area contributed by atoms with Gasteiger partial charge in [0.25, 0.3) is 0 Å². The minimum Gasteiger partial charge on any atom is -0.486 e. The molecule has 0 aliphatic carbocycles. The molecule has 0 atom stereocenters. The van der Waals surface area contributed by atoms with Gasteiger partial charge in [-0.3, -0.25) is 0 Å². The van der Waals surface area contributed by atoms with Crippen LogP contribution in [0.3, 0.4) is 0 Å². The van der Waals surface area contributed by atoms with Crippen LogP contribution < -0.4 is 20.1 Å². The Morgan fingerprint density at radius 1 is 0.920 bits per heavy atom. The second-order valence-corrected chi connectivity index (χ2v) is 5.76. The number of carbonyl (C=O) groups is 1. The van der Waals surface area contributed by atoms with Crippen molar-refractivity contribution in [3.05, 3.63) is 59.2 Å². The van der Waals surface area contributed by atoms with Crippen molar-refractivity contribution in [2.24, 2.45) is 0 Å². The summed E-state index contributed by atoms with van der Waals surface area (Å²) >= 11 is 0. The highest BCUT2D eigenvalue weighted by Gasteiger charge is 2.11. The Morgan fingerprint density at radius 2 is 1.52 bits per heavy atom. The molecule has 0 radical (unpaired) electrons. The molecule has 0 unspecified atom stereocenters. The zero-order chi connectivity index (χ0) is 17.5. The van der Waals surface area contributed by atoms with Crippen molar-refractivity contribution in [3.8, 4) is 11.5 Å². The number of fused-ring (bicyclic) bond motifs is 1. The van der Waals surface area contributed by atoms with Crippen LogP contribution in [-0.4, -0.2) is 26.4 Å². The van der Waals surface area contributed by atoms with Crippen molar-refractivity contribution in [3.63, 3.8) is 0 Å². The first-order chi connectivity index (χ1) is 12.2. The Balaban J connectivity index is 1.45. The first-order valence-corrected chi connectivity index (χ1v) is 8.21. The van der Waals surface area contributed by atoms with Crippen LogP contribution in [0.4, 0.5) is 4.79 Å². The molecule has 3 rings (SSSR count). The third-order valence-electron chi connectivity index (χ3n) is 3.85. The molecular formula is C19H22N2O4. The topological polar surface area (TPSA) is 68.8 Å². The molecule has 0 fully saturated rings. The summed E-state index contributed by atoms with van der Waals surface area (Å²) in [5, 5.41) is 5.69. The smallest absolute Gasteiger partial charge is 0.315 e. The van der Waals surface area contributed by atoms with Crippen LogP contribution in [0.2, 0.25) is 0 Å². The van der Waals surface area contributed by atoms with Crippen molar-refractivity contribution in [2.45, 2.75) is 19.7 Å². The summed E-state index contributed by atoms with van der Waals surface area (Å²) in [5.41, 5.74) is 3.10. The van der Waals surface area contributed by atoms with E-state index in [1.807, 2.05) is 42.5 Å². The Hall–Kier alpha value is -2.73. The third kappa shape index (κ3) is 4.87. The first kappa shape index (κ1) is 17.1. The fourth-order valence-electron chi connectivity index (χ4n) is 2.54. The van der Waals surface area contributed by atoms with E-state index in [1.54, 1.807) is 7.11 Å². The SMILES string of the molecule is COCc1ccc(CNC(=O)NCc2ccc3c(c2)OCCO3)cc1. The number of methoxy groups -OCH3 is 1. The van der Waals surface area contributed by atoms with Crippen molar-refractivity contribution in [1.29, 1.82) is 0 Å². The summed E-state index contributed by atoms with van der Waals surface area (Å²) in [5.74, 6) is 1.47. The molecule has 1 heterocycles. The number of hydrogen-bond acceptors (Lipinski definition) is 4. The van der Waals surface area contributed by atoms with E-state index in [4.69, 9.17) is 14.2 Å². The van der Waals surface area contributed by atoms with E-state index in [2.05, 4.69) is 10.6 Å². The van der Waals surface area contributed by atoms with Gasteiger partial charge in [-0.15, -0.1) is 0 Å². The third-order valence-corrected chi connectivity index (χ3v) is 3.85. The molecule has 0 aromatic heterocycles. The number of nitrogens with one attached hydrogen (secondary N) is 2. The maximum atomic E-state index is 11.9. The molecular weight excluding hydrogens is 320 g/mol. The molecule has 0 saturated carbocycles. The van der Waals surface area contributed by atoms with Crippen LogP contribution in [0.1, 0.15) is 16.7 Å². The fraction of sp³-hybridized carbons (Fsp3) is 0.316. The highest BCUT2D eigenvalue weighted by molar-refractivity contribution is 5.73. The first-order valence-electron chi connectivity index (χ1n) is 8.21. The molecule has 6 heteroatoms. The molecule has 2 aromatic rings. The van der Waals surface area contributed by atoms with E-state index in [1.165, 1.54) is 0 Å². The van der Waals surface area contributed by atoms with E-state index in [-0.39, 0.29) is 6.03 Å². The second-order valence-electron chi connectivity index (χ2n) is 5.76. The Bertz CT molecular complexity index is 716. The predicted octanol–water partition coefficient (Wildman–Crippen LogP) is 2.60. The molecule has 2 aromatic carbocycles. The highest BCUT2D eigenvalue weighted by atomic mass is 16.6. The molecule has 2 amide bonds. The zero-order valence-corrected chi connectivity index (χ0v) is 14.2. The molecule has 25 heavy (non-hydrogen) atoms. The molecule has 1 aliphatic heterocycles. The maximum absolute atomic E-state index is 11.9. The lowest BCUT2D eigenvalue weighted by Crippen LogP contribution is -2.34. The molecule has 0 bridgehead atoms. The van der Waals surface area contributed by atoms with Crippen molar-refractivity contribution in [1.82, 2.24) is 10.6 Å². The summed E-state index contributed by atoms with van der Waals surface area (Å²) in [6.45, 7) is 2.60. The van der Waals surface area contributed by atoms with Crippen LogP contribution >= 0.6 is 0 Å². The van der Waals surface area contributed by atoms with Crippen LogP contribution in [0.15, 0.2) is 42.5 Å². The van der Waals surface area contributed by atoms with Crippen LogP contribution in [0.25, 0.3) is 0 Å². The van der Waals surface area contributed by atoms with Crippen LogP contribution in [0, 0.1) is 0 Å². The number of carbonyl (C=O) groups excluding carboxylic acids is 1. The second kappa shape index (κ2) is 8.39. The molecule has 0 spiro atoms. The summed E-state index contributed by atoms with van der Waals surface area (Å²) in [6.07, 6.45) is 0. The number of ether oxygens (including phenoxy) is 3. The van der Waals surface area contributed by atoms with Gasteiger partial charge < -0.3 is 24.8 Å². The van der Waals surface area contributed by atoms with Gasteiger partial charge in [-0.05, 0) is 28.8 Å². The lowest BCUT2D eigenvalue weighted by molar-refractivity contribution is 0.171. The lowest BCUT2D eigenvalue weighted by atomic mass is 10.1. The monoisotopic (exact) mass is 342 g/mol. The standard InChI is InChI=1S/C19H22N2O4/c1-23-13-15-4-2-14(3-5-15)11-20-19(22)21-12-16-6-7-17-18(10-16)25-9-8-24-17/h2-7,10H,8-9,11-13H2,1H3,(H2,20,21,22). The maximum Gasteiger partial charge on any atom is 0.315 e. The van der Waals surface area contributed by atoms with Gasteiger partial charge in [0.15, 0.2) is 11.5 Å². The van der Waals surface area contributed by atoms with Gasteiger partial charge in [0.2, 0.25) is 0 Å². The van der Waals surface area contributed by atoms with Crippen molar-refractivity contribution >= 4 is 6.03 Å². The van der Waals surface area contributed by atoms with E-state index < -0.39 is 0 Å². The summed E-state index contributed by atoms with van der Waals surface area (Å²) < 4.78 is 16.1. The van der Waals surface area contributed by atoms with E-state index in [9.17, 15) is 4.79 Å². The normalized spacial score (nSPS) is 12.5. The highest BCUT2D eigenvalue weighted by Crippen LogP contribution is 2.30. The lowest BCUT2D eigenvalue weighted by Gasteiger charge is -2.19. The molecule has 1 aliphatic rings. The number of urea groups is 1. The minimum absolute atomic E-state index is 0.212. The average Bonchev–Trinajstić information content (AvgIpc) is 2.66. The summed E-state index contributed by atoms with van der Waals surface area (Å²) in [6, 6.07) is 13.4. The van der Waals surface area contributed by atoms with E-state index >= 15 is 0 Å². The number of hydrogen-bond donors (Lipinski definition) is 2. The van der Waals surface area contributed by atoms with Crippen LogP contribution in [0.5, 0.6) is 11.5 Å². The number of rotatable bonds is 6. The van der Waals surface area contributed by atoms with Gasteiger partial charge in [0.1, 0.15) is 13.2 Å². The van der Waals surface area contributed by atoms with Gasteiger partial charge >= 0.3 is 6.03 Å². The Morgan fingerprint density at radius 3 is 2.24 bits per heavy atom. The van der Waals surface area contributed by atoms with Crippen LogP contribution in [-0.2, 0) is 24.4 Å². The van der Waals surface area contributed by atoms with Crippen molar-refractivity contribution in [2.75, 3.05) is 20.3 Å². The largest absolute Gasteiger partial charge is 0.486 e. The van der Waals surface area contributed by atoms with Gasteiger partial charge in [-0.1, -0.05) is 30.3 Å². The Kier molecular flexibility index (Phi) is 5.74. The van der Waals surface area contributed by atoms with E-state index in [0.717, 1.165) is 28.2 Å². The predicted molar refractivity (Wildman–Crippen MR) is 93.7 cm³/mol. The number of benzene rings is 2. The Labute approximate surface area is 147 Å². The minimum atomic E-state index is -0.212. The van der Waals surface area contributed by atoms with Gasteiger partial charge in [-0.25, -0.2) is 4.79 Å². The molecule has 0 saturated heterocycles. The molecule has 6 nitrogen and oxygen atoms in total. The summed E-state index contributed by atoms with van der Waals surface area (Å²) in [7, 11) is 1.67. The summed E-state index contributed by atoms with van der Waals surface area (Å²) in [4.78, 5) is 11.9. The molecule has 2 N–H and O–H groups in total. The molecule has 132 valence electrons. The van der Waals surface area contributed by atoms with E-state index in [0.29, 0.717) is 32.9 Å². The van der Waals surface area contributed by atoms with Gasteiger partial charge in [-0.2, -0.15) is 0 Å². The zero-order valence-electron chi connectivity index (χ0n) is 14.2. The average molecular weight is 342 g/mol.